The van der Waals surface area contributed by atoms with Crippen LogP contribution >= 0.6 is 0 Å². The van der Waals surface area contributed by atoms with Gasteiger partial charge in [0.15, 0.2) is 0 Å². The molecule has 1 fully saturated rings. The number of anilines is 1. The van der Waals surface area contributed by atoms with Gasteiger partial charge in [-0.05, 0) is 44.0 Å². The number of piperidine rings is 1. The average Bonchev–Trinajstić information content (AvgIpc) is 2.57. The van der Waals surface area contributed by atoms with Gasteiger partial charge in [0.2, 0.25) is 5.82 Å². The number of hydrogen-bond acceptors (Lipinski definition) is 5. The summed E-state index contributed by atoms with van der Waals surface area (Å²) in [7, 11) is 0. The van der Waals surface area contributed by atoms with Gasteiger partial charge in [0, 0.05) is 18.3 Å². The van der Waals surface area contributed by atoms with Crippen molar-refractivity contribution < 1.29 is 19.0 Å². The van der Waals surface area contributed by atoms with Crippen LogP contribution in [0.2, 0.25) is 0 Å². The standard InChI is InChI=1S/C17H18FN3O3/c1-11-9-15(20-16(19-11)17(22)23)21-8-2-3-14(10-21)24-13-6-4-12(18)5-7-13/h4-7,9,14H,2-3,8,10H2,1H3,(H,22,23). The topological polar surface area (TPSA) is 75.5 Å². The highest BCUT2D eigenvalue weighted by molar-refractivity contribution is 5.83. The van der Waals surface area contributed by atoms with Crippen LogP contribution in [-0.4, -0.2) is 40.2 Å². The van der Waals surface area contributed by atoms with E-state index in [1.165, 1.54) is 12.1 Å². The number of benzene rings is 1. The number of hydrogen-bond donors (Lipinski definition) is 1. The Bertz CT molecular complexity index is 736. The van der Waals surface area contributed by atoms with Crippen LogP contribution < -0.4 is 9.64 Å². The summed E-state index contributed by atoms with van der Waals surface area (Å²) in [6.07, 6.45) is 1.72. The highest BCUT2D eigenvalue weighted by atomic mass is 19.1. The molecule has 3 rings (SSSR count). The summed E-state index contributed by atoms with van der Waals surface area (Å²) in [5, 5.41) is 9.10. The SMILES string of the molecule is Cc1cc(N2CCCC(Oc3ccc(F)cc3)C2)nc(C(=O)O)n1. The molecule has 2 heterocycles. The molecule has 1 aromatic heterocycles. The first-order valence-corrected chi connectivity index (χ1v) is 7.77. The van der Waals surface area contributed by atoms with E-state index in [9.17, 15) is 9.18 Å². The normalized spacial score (nSPS) is 17.6. The van der Waals surface area contributed by atoms with Crippen molar-refractivity contribution >= 4 is 11.8 Å². The predicted octanol–water partition coefficient (Wildman–Crippen LogP) is 2.67. The van der Waals surface area contributed by atoms with Crippen molar-refractivity contribution in [1.29, 1.82) is 0 Å². The Labute approximate surface area is 138 Å². The van der Waals surface area contributed by atoms with Gasteiger partial charge in [-0.3, -0.25) is 0 Å². The molecule has 6 nitrogen and oxygen atoms in total. The summed E-state index contributed by atoms with van der Waals surface area (Å²) in [6.45, 7) is 3.11. The van der Waals surface area contributed by atoms with Gasteiger partial charge in [-0.25, -0.2) is 19.2 Å². The van der Waals surface area contributed by atoms with E-state index in [-0.39, 0.29) is 17.7 Å². The van der Waals surface area contributed by atoms with Crippen molar-refractivity contribution in [3.8, 4) is 5.75 Å². The van der Waals surface area contributed by atoms with E-state index in [1.54, 1.807) is 25.1 Å². The zero-order valence-corrected chi connectivity index (χ0v) is 13.3. The molecule has 126 valence electrons. The number of halogens is 1. The second kappa shape index (κ2) is 6.82. The van der Waals surface area contributed by atoms with Crippen LogP contribution in [0.15, 0.2) is 30.3 Å². The van der Waals surface area contributed by atoms with Gasteiger partial charge in [0.25, 0.3) is 0 Å². The van der Waals surface area contributed by atoms with E-state index in [0.717, 1.165) is 19.4 Å². The van der Waals surface area contributed by atoms with Crippen LogP contribution in [0.1, 0.15) is 29.2 Å². The number of ether oxygens (including phenoxy) is 1. The number of carboxylic acids is 1. The molecule has 0 aliphatic carbocycles. The van der Waals surface area contributed by atoms with Gasteiger partial charge in [0.05, 0.1) is 6.54 Å². The van der Waals surface area contributed by atoms with E-state index >= 15 is 0 Å². The Morgan fingerprint density at radius 1 is 1.33 bits per heavy atom. The molecule has 24 heavy (non-hydrogen) atoms. The van der Waals surface area contributed by atoms with Crippen LogP contribution in [0.5, 0.6) is 5.75 Å². The van der Waals surface area contributed by atoms with Gasteiger partial charge < -0.3 is 14.7 Å². The molecule has 7 heteroatoms. The lowest BCUT2D eigenvalue weighted by molar-refractivity contribution is 0.0683. The smallest absolute Gasteiger partial charge is 0.374 e. The fourth-order valence-electron chi connectivity index (χ4n) is 2.76. The Morgan fingerprint density at radius 3 is 2.79 bits per heavy atom. The summed E-state index contributed by atoms with van der Waals surface area (Å²) < 4.78 is 18.9. The molecule has 1 aliphatic rings. The summed E-state index contributed by atoms with van der Waals surface area (Å²) in [4.78, 5) is 21.2. The summed E-state index contributed by atoms with van der Waals surface area (Å²) in [6, 6.07) is 7.70. The molecule has 1 aromatic carbocycles. The molecule has 1 aliphatic heterocycles. The molecule has 0 spiro atoms. The summed E-state index contributed by atoms with van der Waals surface area (Å²) in [5.41, 5.74) is 0.610. The largest absolute Gasteiger partial charge is 0.489 e. The second-order valence-electron chi connectivity index (χ2n) is 5.78. The molecule has 0 saturated carbocycles. The number of rotatable bonds is 4. The Hall–Kier alpha value is -2.70. The highest BCUT2D eigenvalue weighted by Gasteiger charge is 2.23. The molecule has 0 amide bonds. The fourth-order valence-corrected chi connectivity index (χ4v) is 2.76. The first-order valence-electron chi connectivity index (χ1n) is 7.77. The third kappa shape index (κ3) is 3.79. The maximum absolute atomic E-state index is 13.0. The first kappa shape index (κ1) is 16.2. The van der Waals surface area contributed by atoms with Crippen LogP contribution in [0.3, 0.4) is 0 Å². The van der Waals surface area contributed by atoms with E-state index in [2.05, 4.69) is 9.97 Å². The second-order valence-corrected chi connectivity index (χ2v) is 5.78. The molecule has 2 aromatic rings. The number of carbonyl (C=O) groups is 1. The number of carboxylic acid groups (broad SMARTS) is 1. The molecule has 1 atom stereocenters. The van der Waals surface area contributed by atoms with Crippen molar-refractivity contribution in [3.05, 3.63) is 47.7 Å². The van der Waals surface area contributed by atoms with Crippen molar-refractivity contribution in [3.63, 3.8) is 0 Å². The first-order chi connectivity index (χ1) is 11.5. The van der Waals surface area contributed by atoms with E-state index in [4.69, 9.17) is 9.84 Å². The van der Waals surface area contributed by atoms with Crippen molar-refractivity contribution in [2.45, 2.75) is 25.9 Å². The van der Waals surface area contributed by atoms with Crippen LogP contribution in [-0.2, 0) is 0 Å². The van der Waals surface area contributed by atoms with E-state index < -0.39 is 5.97 Å². The van der Waals surface area contributed by atoms with Gasteiger partial charge in [-0.2, -0.15) is 0 Å². The zero-order valence-electron chi connectivity index (χ0n) is 13.3. The predicted molar refractivity (Wildman–Crippen MR) is 86.0 cm³/mol. The molecule has 0 radical (unpaired) electrons. The van der Waals surface area contributed by atoms with Crippen LogP contribution in [0.4, 0.5) is 10.2 Å². The Kier molecular flexibility index (Phi) is 4.59. The van der Waals surface area contributed by atoms with E-state index in [0.29, 0.717) is 23.8 Å². The van der Waals surface area contributed by atoms with Gasteiger partial charge in [-0.1, -0.05) is 0 Å². The average molecular weight is 331 g/mol. The maximum Gasteiger partial charge on any atom is 0.374 e. The Morgan fingerprint density at radius 2 is 2.08 bits per heavy atom. The van der Waals surface area contributed by atoms with Gasteiger partial charge in [0.1, 0.15) is 23.5 Å². The third-order valence-corrected chi connectivity index (χ3v) is 3.85. The van der Waals surface area contributed by atoms with Gasteiger partial charge >= 0.3 is 5.97 Å². The van der Waals surface area contributed by atoms with E-state index in [1.807, 2.05) is 4.90 Å². The number of nitrogens with zero attached hydrogens (tertiary/aromatic N) is 3. The summed E-state index contributed by atoms with van der Waals surface area (Å²) >= 11 is 0. The molecule has 1 unspecified atom stereocenters. The quantitative estimate of drug-likeness (QED) is 0.928. The lowest BCUT2D eigenvalue weighted by atomic mass is 10.1. The van der Waals surface area contributed by atoms with Crippen LogP contribution in [0.25, 0.3) is 0 Å². The minimum Gasteiger partial charge on any atom is -0.489 e. The Balaban J connectivity index is 1.73. The highest BCUT2D eigenvalue weighted by Crippen LogP contribution is 2.22. The zero-order chi connectivity index (χ0) is 17.1. The molecule has 1 N–H and O–H groups in total. The number of aromatic carboxylic acids is 1. The molecular weight excluding hydrogens is 313 g/mol. The van der Waals surface area contributed by atoms with Crippen molar-refractivity contribution in [2.75, 3.05) is 18.0 Å². The molecule has 0 bridgehead atoms. The minimum atomic E-state index is -1.14. The monoisotopic (exact) mass is 331 g/mol. The van der Waals surface area contributed by atoms with Crippen molar-refractivity contribution in [1.82, 2.24) is 9.97 Å². The maximum atomic E-state index is 13.0. The third-order valence-electron chi connectivity index (χ3n) is 3.85. The lowest BCUT2D eigenvalue weighted by Gasteiger charge is -2.33. The van der Waals surface area contributed by atoms with Crippen LogP contribution in [0, 0.1) is 12.7 Å². The molecular formula is C17H18FN3O3. The van der Waals surface area contributed by atoms with Gasteiger partial charge in [-0.15, -0.1) is 0 Å². The lowest BCUT2D eigenvalue weighted by Crippen LogP contribution is -2.41. The fraction of sp³-hybridized carbons (Fsp3) is 0.353. The van der Waals surface area contributed by atoms with Crippen molar-refractivity contribution in [2.24, 2.45) is 0 Å². The molecule has 1 saturated heterocycles. The number of aryl methyl sites for hydroxylation is 1. The number of aromatic nitrogens is 2. The summed E-state index contributed by atoms with van der Waals surface area (Å²) in [5.74, 6) is -0.437. The minimum absolute atomic E-state index is 0.0623.